The standard InChI is InChI=1S/C22H30N4O/c1-21(2)16-26(22(21,3)4)20(23-5)24-14-17-9-11-18(12-10-17)15-25-13-7-6-8-19(25)27/h6-13H,14-16H2,1-5H3,(H,23,24). The van der Waals surface area contributed by atoms with Gasteiger partial charge in [-0.2, -0.15) is 0 Å². The fraction of sp³-hybridized carbons (Fsp3) is 0.455. The van der Waals surface area contributed by atoms with Crippen molar-refractivity contribution in [2.75, 3.05) is 13.6 Å². The van der Waals surface area contributed by atoms with E-state index in [2.05, 4.69) is 67.2 Å². The van der Waals surface area contributed by atoms with Crippen LogP contribution in [0.25, 0.3) is 0 Å². The predicted molar refractivity (Wildman–Crippen MR) is 111 cm³/mol. The molecule has 1 aliphatic heterocycles. The first kappa shape index (κ1) is 19.2. The summed E-state index contributed by atoms with van der Waals surface area (Å²) >= 11 is 0. The van der Waals surface area contributed by atoms with Crippen molar-refractivity contribution in [1.29, 1.82) is 0 Å². The van der Waals surface area contributed by atoms with E-state index >= 15 is 0 Å². The number of aliphatic imine (C=N–C) groups is 1. The van der Waals surface area contributed by atoms with E-state index in [0.717, 1.165) is 24.6 Å². The normalized spacial score (nSPS) is 18.1. The van der Waals surface area contributed by atoms with Crippen LogP contribution in [-0.4, -0.2) is 34.6 Å². The molecule has 1 saturated heterocycles. The predicted octanol–water partition coefficient (Wildman–Crippen LogP) is 3.09. The summed E-state index contributed by atoms with van der Waals surface area (Å²) in [6.45, 7) is 11.5. The van der Waals surface area contributed by atoms with Gasteiger partial charge in [0.25, 0.3) is 5.56 Å². The number of hydrogen-bond donors (Lipinski definition) is 1. The van der Waals surface area contributed by atoms with Gasteiger partial charge in [-0.05, 0) is 31.0 Å². The Labute approximate surface area is 161 Å². The number of rotatable bonds is 4. The van der Waals surface area contributed by atoms with Gasteiger partial charge in [0.1, 0.15) is 0 Å². The third-order valence-electron chi connectivity index (χ3n) is 6.08. The largest absolute Gasteiger partial charge is 0.352 e. The number of aromatic nitrogens is 1. The lowest BCUT2D eigenvalue weighted by molar-refractivity contribution is -0.0667. The van der Waals surface area contributed by atoms with Gasteiger partial charge in [-0.15, -0.1) is 0 Å². The van der Waals surface area contributed by atoms with E-state index in [0.29, 0.717) is 6.54 Å². The zero-order valence-corrected chi connectivity index (χ0v) is 17.0. The molecule has 0 atom stereocenters. The van der Waals surface area contributed by atoms with E-state index in [1.54, 1.807) is 16.7 Å². The van der Waals surface area contributed by atoms with Crippen LogP contribution in [0.2, 0.25) is 0 Å². The lowest BCUT2D eigenvalue weighted by Gasteiger charge is -2.62. The van der Waals surface area contributed by atoms with Crippen LogP contribution >= 0.6 is 0 Å². The number of hydrogen-bond acceptors (Lipinski definition) is 2. The Bertz CT molecular complexity index is 878. The molecule has 3 rings (SSSR count). The third kappa shape index (κ3) is 3.77. The highest BCUT2D eigenvalue weighted by Gasteiger charge is 2.53. The second-order valence-corrected chi connectivity index (χ2v) is 8.41. The molecule has 144 valence electrons. The highest BCUT2D eigenvalue weighted by atomic mass is 16.1. The van der Waals surface area contributed by atoms with Gasteiger partial charge in [-0.3, -0.25) is 9.79 Å². The first-order valence-electron chi connectivity index (χ1n) is 9.46. The smallest absolute Gasteiger partial charge is 0.250 e. The Balaban J connectivity index is 1.60. The van der Waals surface area contributed by atoms with Gasteiger partial charge in [0.15, 0.2) is 5.96 Å². The van der Waals surface area contributed by atoms with Gasteiger partial charge >= 0.3 is 0 Å². The van der Waals surface area contributed by atoms with Crippen molar-refractivity contribution in [3.63, 3.8) is 0 Å². The molecule has 1 N–H and O–H groups in total. The summed E-state index contributed by atoms with van der Waals surface area (Å²) in [6.07, 6.45) is 1.82. The molecule has 5 heteroatoms. The number of nitrogens with one attached hydrogen (secondary N) is 1. The zero-order valence-electron chi connectivity index (χ0n) is 17.0. The second-order valence-electron chi connectivity index (χ2n) is 8.41. The first-order valence-corrected chi connectivity index (χ1v) is 9.46. The molecule has 1 aliphatic rings. The fourth-order valence-electron chi connectivity index (χ4n) is 3.43. The van der Waals surface area contributed by atoms with Gasteiger partial charge < -0.3 is 14.8 Å². The van der Waals surface area contributed by atoms with Crippen LogP contribution in [0, 0.1) is 5.41 Å². The van der Waals surface area contributed by atoms with Crippen molar-refractivity contribution >= 4 is 5.96 Å². The lowest BCUT2D eigenvalue weighted by Crippen LogP contribution is -2.72. The Hall–Kier alpha value is -2.56. The van der Waals surface area contributed by atoms with Crippen LogP contribution in [0.5, 0.6) is 0 Å². The molecule has 0 radical (unpaired) electrons. The minimum Gasteiger partial charge on any atom is -0.352 e. The SMILES string of the molecule is CN=C(NCc1ccc(Cn2ccccc2=O)cc1)N1CC(C)(C)C1(C)C. The summed E-state index contributed by atoms with van der Waals surface area (Å²) in [5, 5.41) is 3.48. The highest BCUT2D eigenvalue weighted by molar-refractivity contribution is 5.82. The van der Waals surface area contributed by atoms with Crippen LogP contribution in [0.4, 0.5) is 0 Å². The number of likely N-dealkylation sites (tertiary alicyclic amines) is 1. The minimum absolute atomic E-state index is 0.0205. The van der Waals surface area contributed by atoms with Gasteiger partial charge in [-0.25, -0.2) is 0 Å². The molecule has 0 unspecified atom stereocenters. The first-order chi connectivity index (χ1) is 12.7. The third-order valence-corrected chi connectivity index (χ3v) is 6.08. The average molecular weight is 367 g/mol. The Kier molecular flexibility index (Phi) is 5.13. The summed E-state index contributed by atoms with van der Waals surface area (Å²) in [4.78, 5) is 18.6. The van der Waals surface area contributed by atoms with E-state index in [9.17, 15) is 4.79 Å². The molecule has 1 aromatic heterocycles. The van der Waals surface area contributed by atoms with Crippen molar-refractivity contribution in [3.8, 4) is 0 Å². The van der Waals surface area contributed by atoms with E-state index < -0.39 is 0 Å². The molecular weight excluding hydrogens is 336 g/mol. The lowest BCUT2D eigenvalue weighted by atomic mass is 9.65. The summed E-state index contributed by atoms with van der Waals surface area (Å²) in [5.74, 6) is 0.944. The fourth-order valence-corrected chi connectivity index (χ4v) is 3.43. The molecule has 27 heavy (non-hydrogen) atoms. The maximum Gasteiger partial charge on any atom is 0.250 e. The zero-order chi connectivity index (χ0) is 19.7. The Morgan fingerprint density at radius 1 is 1.07 bits per heavy atom. The van der Waals surface area contributed by atoms with Crippen molar-refractivity contribution in [1.82, 2.24) is 14.8 Å². The molecule has 0 spiro atoms. The molecule has 2 heterocycles. The summed E-state index contributed by atoms with van der Waals surface area (Å²) < 4.78 is 1.71. The highest BCUT2D eigenvalue weighted by Crippen LogP contribution is 2.46. The van der Waals surface area contributed by atoms with Crippen molar-refractivity contribution in [2.24, 2.45) is 10.4 Å². The molecular formula is C22H30N4O. The number of benzene rings is 1. The molecule has 2 aromatic rings. The van der Waals surface area contributed by atoms with Crippen LogP contribution < -0.4 is 10.9 Å². The summed E-state index contributed by atoms with van der Waals surface area (Å²) in [7, 11) is 1.84. The van der Waals surface area contributed by atoms with Gasteiger partial charge in [-0.1, -0.05) is 44.2 Å². The van der Waals surface area contributed by atoms with Crippen LogP contribution in [0.1, 0.15) is 38.8 Å². The summed E-state index contributed by atoms with van der Waals surface area (Å²) in [5.41, 5.74) is 2.69. The van der Waals surface area contributed by atoms with E-state index in [1.165, 1.54) is 5.56 Å². The van der Waals surface area contributed by atoms with E-state index in [-0.39, 0.29) is 16.5 Å². The van der Waals surface area contributed by atoms with Gasteiger partial charge in [0.05, 0.1) is 6.54 Å². The summed E-state index contributed by atoms with van der Waals surface area (Å²) in [6, 6.07) is 13.6. The molecule has 0 saturated carbocycles. The number of guanidine groups is 1. The van der Waals surface area contributed by atoms with Crippen LogP contribution in [-0.2, 0) is 13.1 Å². The Morgan fingerprint density at radius 2 is 1.74 bits per heavy atom. The van der Waals surface area contributed by atoms with Crippen molar-refractivity contribution in [3.05, 3.63) is 70.1 Å². The van der Waals surface area contributed by atoms with Crippen molar-refractivity contribution < 1.29 is 0 Å². The molecule has 0 bridgehead atoms. The molecule has 1 aromatic carbocycles. The number of pyridine rings is 1. The van der Waals surface area contributed by atoms with Crippen molar-refractivity contribution in [2.45, 2.75) is 46.3 Å². The number of nitrogens with zero attached hydrogens (tertiary/aromatic N) is 3. The Morgan fingerprint density at radius 3 is 2.30 bits per heavy atom. The minimum atomic E-state index is 0.0205. The monoisotopic (exact) mass is 366 g/mol. The molecule has 0 amide bonds. The van der Waals surface area contributed by atoms with Gasteiger partial charge in [0, 0.05) is 43.4 Å². The molecule has 1 fully saturated rings. The quantitative estimate of drug-likeness (QED) is 0.668. The second kappa shape index (κ2) is 7.22. The van der Waals surface area contributed by atoms with E-state index in [4.69, 9.17) is 0 Å². The van der Waals surface area contributed by atoms with Gasteiger partial charge in [0.2, 0.25) is 0 Å². The molecule has 5 nitrogen and oxygen atoms in total. The maximum atomic E-state index is 11.8. The van der Waals surface area contributed by atoms with Crippen LogP contribution in [0.15, 0.2) is 58.4 Å². The van der Waals surface area contributed by atoms with E-state index in [1.807, 2.05) is 19.3 Å². The topological polar surface area (TPSA) is 49.6 Å². The molecule has 0 aliphatic carbocycles. The van der Waals surface area contributed by atoms with Crippen LogP contribution in [0.3, 0.4) is 0 Å². The maximum absolute atomic E-state index is 11.8. The average Bonchev–Trinajstić information content (AvgIpc) is 2.64.